The Morgan fingerprint density at radius 3 is 1.32 bits per heavy atom. The molecule has 0 unspecified atom stereocenters. The molecule has 0 aromatic rings. The summed E-state index contributed by atoms with van der Waals surface area (Å²) in [5.74, 6) is 0. The molecule has 2 aliphatic heterocycles. The average Bonchev–Trinajstić information content (AvgIpc) is 2.09. The van der Waals surface area contributed by atoms with Crippen LogP contribution in [0.15, 0.2) is 0 Å². The van der Waals surface area contributed by atoms with Crippen molar-refractivity contribution in [2.75, 3.05) is 13.2 Å². The van der Waals surface area contributed by atoms with Gasteiger partial charge in [0.05, 0.1) is 13.2 Å². The Labute approximate surface area is 103 Å². The molecule has 2 aliphatic rings. The van der Waals surface area contributed by atoms with E-state index in [1.54, 1.807) is 0 Å². The van der Waals surface area contributed by atoms with Gasteiger partial charge in [-0.25, -0.2) is 8.37 Å². The summed E-state index contributed by atoms with van der Waals surface area (Å²) >= 11 is 0. The highest BCUT2D eigenvalue weighted by molar-refractivity contribution is 7.82. The molecule has 0 N–H and O–H groups in total. The first-order chi connectivity index (χ1) is 8.33. The van der Waals surface area contributed by atoms with E-state index in [2.05, 4.69) is 16.7 Å². The van der Waals surface area contributed by atoms with E-state index in [-0.39, 0.29) is 0 Å². The molecule has 2 fully saturated rings. The van der Waals surface area contributed by atoms with E-state index in [0.29, 0.717) is 0 Å². The molecule has 0 amide bonds. The fraction of sp³-hybridized carbons (Fsp3) is 1.00. The molecule has 2 saturated heterocycles. The molecular weight excluding hydrogens is 328 g/mol. The molecule has 0 aromatic heterocycles. The second-order valence-electron chi connectivity index (χ2n) is 3.62. The van der Waals surface area contributed by atoms with Gasteiger partial charge in [-0.2, -0.15) is 42.8 Å². The normalized spacial score (nSPS) is 33.9. The maximum absolute atomic E-state index is 13.5. The zero-order valence-corrected chi connectivity index (χ0v) is 10.1. The monoisotopic (exact) mass is 332 g/mol. The molecule has 8 nitrogen and oxygen atoms in total. The second-order valence-corrected chi connectivity index (χ2v) is 6.06. The quantitative estimate of drug-likeness (QED) is 0.559. The third-order valence-electron chi connectivity index (χ3n) is 2.43. The maximum Gasteiger partial charge on any atom is 0.404 e. The molecular formula is C5H4F4O8S2. The second kappa shape index (κ2) is 3.76. The summed E-state index contributed by atoms with van der Waals surface area (Å²) in [7, 11) is -10.4. The van der Waals surface area contributed by atoms with Crippen molar-refractivity contribution in [2.24, 2.45) is 5.41 Å². The van der Waals surface area contributed by atoms with E-state index >= 15 is 0 Å². The van der Waals surface area contributed by atoms with Crippen LogP contribution in [-0.2, 0) is 37.5 Å². The molecule has 2 rings (SSSR count). The van der Waals surface area contributed by atoms with Crippen LogP contribution < -0.4 is 0 Å². The topological polar surface area (TPSA) is 105 Å². The Balaban J connectivity index is 2.49. The third-order valence-corrected chi connectivity index (χ3v) is 4.07. The molecule has 14 heteroatoms. The predicted molar refractivity (Wildman–Crippen MR) is 44.2 cm³/mol. The van der Waals surface area contributed by atoms with Crippen LogP contribution in [0.4, 0.5) is 17.6 Å². The van der Waals surface area contributed by atoms with Gasteiger partial charge < -0.3 is 0 Å². The van der Waals surface area contributed by atoms with Crippen molar-refractivity contribution in [1.29, 1.82) is 0 Å². The van der Waals surface area contributed by atoms with Gasteiger partial charge in [0.2, 0.25) is 5.41 Å². The van der Waals surface area contributed by atoms with Crippen molar-refractivity contribution in [3.05, 3.63) is 0 Å². The van der Waals surface area contributed by atoms with E-state index in [4.69, 9.17) is 0 Å². The molecule has 1 spiro atoms. The van der Waals surface area contributed by atoms with Crippen LogP contribution in [0.1, 0.15) is 0 Å². The minimum Gasteiger partial charge on any atom is -0.247 e. The van der Waals surface area contributed by atoms with E-state index in [1.165, 1.54) is 0 Å². The summed E-state index contributed by atoms with van der Waals surface area (Å²) in [5.41, 5.74) is -3.75. The number of halogens is 4. The minimum absolute atomic E-state index is 1.79. The zero-order valence-electron chi connectivity index (χ0n) is 8.51. The van der Waals surface area contributed by atoms with Gasteiger partial charge in [0.25, 0.3) is 0 Å². The molecule has 0 radical (unpaired) electrons. The van der Waals surface area contributed by atoms with E-state index in [0.717, 1.165) is 0 Å². The number of hydrogen-bond donors (Lipinski definition) is 0. The highest BCUT2D eigenvalue weighted by Gasteiger charge is 2.78. The standard InChI is InChI=1S/C5H4F4O8S2/c6-4(7)3(1-14-18(10,11)16-4)2-15-19(12,13)17-5(3,8)9/h1-2H2. The smallest absolute Gasteiger partial charge is 0.247 e. The molecule has 0 atom stereocenters. The Kier molecular flexibility index (Phi) is 2.94. The van der Waals surface area contributed by atoms with Gasteiger partial charge in [-0.3, -0.25) is 0 Å². The van der Waals surface area contributed by atoms with E-state index < -0.39 is 51.6 Å². The average molecular weight is 332 g/mol. The fourth-order valence-electron chi connectivity index (χ4n) is 1.36. The minimum atomic E-state index is -5.19. The van der Waals surface area contributed by atoms with Crippen LogP contribution in [-0.4, -0.2) is 42.3 Å². The van der Waals surface area contributed by atoms with E-state index in [1.807, 2.05) is 0 Å². The zero-order chi connectivity index (χ0) is 14.7. The SMILES string of the molecule is O=S1(=O)OCC2(COS(=O)(=O)OC2(F)F)C(F)(F)O1. The summed E-state index contributed by atoms with van der Waals surface area (Å²) in [6.45, 7) is -3.57. The number of alkyl halides is 4. The van der Waals surface area contributed by atoms with Crippen LogP contribution in [0.5, 0.6) is 0 Å². The lowest BCUT2D eigenvalue weighted by atomic mass is 9.87. The Bertz CT molecular complexity index is 541. The first-order valence-corrected chi connectivity index (χ1v) is 6.95. The van der Waals surface area contributed by atoms with Gasteiger partial charge in [-0.15, -0.1) is 0 Å². The van der Waals surface area contributed by atoms with Gasteiger partial charge in [-0.1, -0.05) is 0 Å². The molecule has 0 aliphatic carbocycles. The summed E-state index contributed by atoms with van der Waals surface area (Å²) in [5, 5.41) is 0. The van der Waals surface area contributed by atoms with Crippen molar-refractivity contribution in [1.82, 2.24) is 0 Å². The summed E-state index contributed by atoms with van der Waals surface area (Å²) in [4.78, 5) is 0. The number of rotatable bonds is 0. The molecule has 0 aromatic carbocycles. The van der Waals surface area contributed by atoms with Gasteiger partial charge in [0.1, 0.15) is 0 Å². The van der Waals surface area contributed by atoms with Crippen LogP contribution in [0.3, 0.4) is 0 Å². The first kappa shape index (κ1) is 14.9. The Hall–Kier alpha value is -0.540. The lowest BCUT2D eigenvalue weighted by molar-refractivity contribution is -0.404. The summed E-state index contributed by atoms with van der Waals surface area (Å²) < 4.78 is 110. The molecule has 0 saturated carbocycles. The molecule has 2 heterocycles. The molecule has 0 bridgehead atoms. The molecule has 112 valence electrons. The Morgan fingerprint density at radius 2 is 1.05 bits per heavy atom. The van der Waals surface area contributed by atoms with Crippen molar-refractivity contribution in [3.63, 3.8) is 0 Å². The van der Waals surface area contributed by atoms with Crippen LogP contribution in [0.2, 0.25) is 0 Å². The van der Waals surface area contributed by atoms with Crippen LogP contribution in [0.25, 0.3) is 0 Å². The highest BCUT2D eigenvalue weighted by Crippen LogP contribution is 2.55. The first-order valence-electron chi connectivity index (χ1n) is 4.28. The lowest BCUT2D eigenvalue weighted by Crippen LogP contribution is -2.67. The largest absolute Gasteiger partial charge is 0.404 e. The molecule has 19 heavy (non-hydrogen) atoms. The van der Waals surface area contributed by atoms with Gasteiger partial charge in [-0.05, 0) is 0 Å². The van der Waals surface area contributed by atoms with Crippen molar-refractivity contribution in [3.8, 4) is 0 Å². The van der Waals surface area contributed by atoms with Crippen molar-refractivity contribution in [2.45, 2.75) is 12.2 Å². The lowest BCUT2D eigenvalue weighted by Gasteiger charge is -2.45. The predicted octanol–water partition coefficient (Wildman–Crippen LogP) is -0.258. The van der Waals surface area contributed by atoms with Crippen LogP contribution in [0, 0.1) is 5.41 Å². The van der Waals surface area contributed by atoms with Crippen LogP contribution >= 0.6 is 0 Å². The number of hydrogen-bond acceptors (Lipinski definition) is 8. The highest BCUT2D eigenvalue weighted by atomic mass is 32.3. The fourth-order valence-corrected chi connectivity index (χ4v) is 2.98. The van der Waals surface area contributed by atoms with Crippen molar-refractivity contribution >= 4 is 20.8 Å². The summed E-state index contributed by atoms with van der Waals surface area (Å²) in [6.07, 6.45) is -9.99. The Morgan fingerprint density at radius 1 is 0.737 bits per heavy atom. The van der Waals surface area contributed by atoms with Gasteiger partial charge in [0.15, 0.2) is 0 Å². The third kappa shape index (κ3) is 2.21. The van der Waals surface area contributed by atoms with E-state index in [9.17, 15) is 34.4 Å². The van der Waals surface area contributed by atoms with Gasteiger partial charge >= 0.3 is 33.0 Å². The summed E-state index contributed by atoms with van der Waals surface area (Å²) in [6, 6.07) is 0. The van der Waals surface area contributed by atoms with Gasteiger partial charge in [0, 0.05) is 0 Å². The van der Waals surface area contributed by atoms with Crippen molar-refractivity contribution < 1.29 is 51.1 Å². The maximum atomic E-state index is 13.5.